The molecule has 3 heterocycles. The van der Waals surface area contributed by atoms with E-state index in [2.05, 4.69) is 29.2 Å². The molecule has 7 heteroatoms. The number of aromatic nitrogens is 2. The van der Waals surface area contributed by atoms with Gasteiger partial charge in [-0.2, -0.15) is 0 Å². The summed E-state index contributed by atoms with van der Waals surface area (Å²) in [6.07, 6.45) is 5.83. The van der Waals surface area contributed by atoms with Gasteiger partial charge in [0, 0.05) is 52.2 Å². The van der Waals surface area contributed by atoms with Gasteiger partial charge in [0.25, 0.3) is 0 Å². The lowest BCUT2D eigenvalue weighted by Gasteiger charge is -2.39. The predicted octanol–water partition coefficient (Wildman–Crippen LogP) is 0.987. The van der Waals surface area contributed by atoms with Crippen molar-refractivity contribution in [2.75, 3.05) is 39.8 Å². The average Bonchev–Trinajstić information content (AvgIpc) is 3.15. The minimum absolute atomic E-state index is 0.00552. The Hall–Kier alpha value is -1.60. The van der Waals surface area contributed by atoms with Crippen molar-refractivity contribution < 1.29 is 9.53 Å². The number of aryl methyl sites for hydroxylation is 1. The highest BCUT2D eigenvalue weighted by atomic mass is 16.5. The maximum atomic E-state index is 12.5. The van der Waals surface area contributed by atoms with Gasteiger partial charge in [-0.1, -0.05) is 0 Å². The van der Waals surface area contributed by atoms with Gasteiger partial charge in [0.05, 0.1) is 11.6 Å². The standard InChI is InChI=1S/C16H27N5O2/c1-16(5-4-10-23-16)12-18-15(22)21-9-8-19(2)13(11-21)14-17-6-7-20(14)3/h6-7,13H,4-5,8-12H2,1-3H3,(H,18,22)/t13-,16+/m0/s1. The summed E-state index contributed by atoms with van der Waals surface area (Å²) in [5.41, 5.74) is -0.207. The maximum absolute atomic E-state index is 12.5. The van der Waals surface area contributed by atoms with E-state index in [-0.39, 0.29) is 17.7 Å². The number of imidazole rings is 1. The van der Waals surface area contributed by atoms with Crippen LogP contribution in [0.1, 0.15) is 31.6 Å². The smallest absolute Gasteiger partial charge is 0.317 e. The van der Waals surface area contributed by atoms with E-state index in [1.807, 2.05) is 22.7 Å². The summed E-state index contributed by atoms with van der Waals surface area (Å²) >= 11 is 0. The van der Waals surface area contributed by atoms with Gasteiger partial charge < -0.3 is 19.5 Å². The highest BCUT2D eigenvalue weighted by Crippen LogP contribution is 2.25. The van der Waals surface area contributed by atoms with Crippen molar-refractivity contribution in [2.45, 2.75) is 31.4 Å². The lowest BCUT2D eigenvalue weighted by atomic mass is 10.0. The van der Waals surface area contributed by atoms with E-state index in [9.17, 15) is 4.79 Å². The molecule has 2 saturated heterocycles. The number of carbonyl (C=O) groups is 1. The fourth-order valence-electron chi connectivity index (χ4n) is 3.39. The Bertz CT molecular complexity index is 552. The van der Waals surface area contributed by atoms with Gasteiger partial charge in [-0.05, 0) is 26.8 Å². The van der Waals surface area contributed by atoms with Crippen LogP contribution in [0, 0.1) is 0 Å². The number of hydrogen-bond acceptors (Lipinski definition) is 4. The first-order valence-corrected chi connectivity index (χ1v) is 8.33. The minimum atomic E-state index is -0.207. The molecule has 2 fully saturated rings. The molecule has 0 unspecified atom stereocenters. The van der Waals surface area contributed by atoms with Crippen molar-refractivity contribution in [2.24, 2.45) is 7.05 Å². The third kappa shape index (κ3) is 3.50. The van der Waals surface area contributed by atoms with E-state index >= 15 is 0 Å². The average molecular weight is 321 g/mol. The number of urea groups is 1. The summed E-state index contributed by atoms with van der Waals surface area (Å²) in [6, 6.07) is 0.127. The number of carbonyl (C=O) groups excluding carboxylic acids is 1. The van der Waals surface area contributed by atoms with Crippen LogP contribution in [0.15, 0.2) is 12.4 Å². The molecule has 0 aromatic carbocycles. The second kappa shape index (κ2) is 6.49. The van der Waals surface area contributed by atoms with Crippen LogP contribution >= 0.6 is 0 Å². The van der Waals surface area contributed by atoms with E-state index < -0.39 is 0 Å². The molecule has 2 aliphatic rings. The van der Waals surface area contributed by atoms with Crippen molar-refractivity contribution in [3.05, 3.63) is 18.2 Å². The van der Waals surface area contributed by atoms with Crippen LogP contribution < -0.4 is 5.32 Å². The van der Waals surface area contributed by atoms with Gasteiger partial charge in [-0.15, -0.1) is 0 Å². The molecule has 0 spiro atoms. The lowest BCUT2D eigenvalue weighted by Crippen LogP contribution is -2.54. The molecule has 2 aliphatic heterocycles. The minimum Gasteiger partial charge on any atom is -0.373 e. The molecule has 7 nitrogen and oxygen atoms in total. The Balaban J connectivity index is 1.59. The van der Waals surface area contributed by atoms with Gasteiger partial charge in [0.1, 0.15) is 5.82 Å². The van der Waals surface area contributed by atoms with E-state index in [0.717, 1.165) is 38.4 Å². The first-order valence-electron chi connectivity index (χ1n) is 8.33. The number of nitrogens with one attached hydrogen (secondary N) is 1. The number of piperazine rings is 1. The topological polar surface area (TPSA) is 62.6 Å². The monoisotopic (exact) mass is 321 g/mol. The fourth-order valence-corrected chi connectivity index (χ4v) is 3.39. The zero-order valence-electron chi connectivity index (χ0n) is 14.3. The lowest BCUT2D eigenvalue weighted by molar-refractivity contribution is 0.0208. The van der Waals surface area contributed by atoms with Crippen molar-refractivity contribution in [1.29, 1.82) is 0 Å². The Kier molecular flexibility index (Phi) is 4.59. The molecule has 2 atom stereocenters. The van der Waals surface area contributed by atoms with Crippen molar-refractivity contribution >= 4 is 6.03 Å². The van der Waals surface area contributed by atoms with Crippen LogP contribution in [-0.2, 0) is 11.8 Å². The van der Waals surface area contributed by atoms with E-state index in [0.29, 0.717) is 13.1 Å². The SMILES string of the molecule is CN1CCN(C(=O)NC[C@@]2(C)CCCO2)C[C@H]1c1nccn1C. The normalized spacial score (nSPS) is 29.0. The predicted molar refractivity (Wildman–Crippen MR) is 87.1 cm³/mol. The fraction of sp³-hybridized carbons (Fsp3) is 0.750. The van der Waals surface area contributed by atoms with Crippen LogP contribution in [-0.4, -0.2) is 70.8 Å². The van der Waals surface area contributed by atoms with E-state index in [4.69, 9.17) is 4.74 Å². The Labute approximate surface area is 137 Å². The third-order valence-electron chi connectivity index (χ3n) is 5.01. The van der Waals surface area contributed by atoms with Crippen LogP contribution in [0.5, 0.6) is 0 Å². The number of ether oxygens (including phenoxy) is 1. The van der Waals surface area contributed by atoms with Gasteiger partial charge >= 0.3 is 6.03 Å². The largest absolute Gasteiger partial charge is 0.373 e. The number of rotatable bonds is 3. The van der Waals surface area contributed by atoms with E-state index in [1.165, 1.54) is 0 Å². The van der Waals surface area contributed by atoms with Gasteiger partial charge in [-0.3, -0.25) is 4.90 Å². The molecule has 23 heavy (non-hydrogen) atoms. The molecule has 128 valence electrons. The maximum Gasteiger partial charge on any atom is 0.317 e. The molecule has 2 amide bonds. The summed E-state index contributed by atoms with van der Waals surface area (Å²) < 4.78 is 7.76. The van der Waals surface area contributed by atoms with Crippen molar-refractivity contribution in [3.8, 4) is 0 Å². The Morgan fingerprint density at radius 1 is 1.48 bits per heavy atom. The highest BCUT2D eigenvalue weighted by molar-refractivity contribution is 5.74. The molecule has 0 saturated carbocycles. The first kappa shape index (κ1) is 16.3. The van der Waals surface area contributed by atoms with Crippen molar-refractivity contribution in [3.63, 3.8) is 0 Å². The van der Waals surface area contributed by atoms with Crippen LogP contribution in [0.2, 0.25) is 0 Å². The molecule has 0 aliphatic carbocycles. The van der Waals surface area contributed by atoms with Crippen LogP contribution in [0.3, 0.4) is 0 Å². The molecular weight excluding hydrogens is 294 g/mol. The second-order valence-corrected chi connectivity index (χ2v) is 6.90. The number of hydrogen-bond donors (Lipinski definition) is 1. The third-order valence-corrected chi connectivity index (χ3v) is 5.01. The van der Waals surface area contributed by atoms with E-state index in [1.54, 1.807) is 6.20 Å². The Morgan fingerprint density at radius 3 is 2.96 bits per heavy atom. The van der Waals surface area contributed by atoms with Crippen LogP contribution in [0.25, 0.3) is 0 Å². The van der Waals surface area contributed by atoms with Crippen LogP contribution in [0.4, 0.5) is 4.79 Å². The number of nitrogens with zero attached hydrogens (tertiary/aromatic N) is 4. The summed E-state index contributed by atoms with van der Waals surface area (Å²) in [6.45, 7) is 5.68. The molecular formula is C16H27N5O2. The molecule has 0 radical (unpaired) electrons. The van der Waals surface area contributed by atoms with Gasteiger partial charge in [-0.25, -0.2) is 9.78 Å². The highest BCUT2D eigenvalue weighted by Gasteiger charge is 2.33. The molecule has 1 aromatic heterocycles. The van der Waals surface area contributed by atoms with Gasteiger partial charge in [0.2, 0.25) is 0 Å². The summed E-state index contributed by atoms with van der Waals surface area (Å²) in [5.74, 6) is 0.996. The quantitative estimate of drug-likeness (QED) is 0.902. The summed E-state index contributed by atoms with van der Waals surface area (Å²) in [5, 5.41) is 3.05. The molecule has 1 N–H and O–H groups in total. The number of amides is 2. The summed E-state index contributed by atoms with van der Waals surface area (Å²) in [4.78, 5) is 21.1. The number of likely N-dealkylation sites (N-methyl/N-ethyl adjacent to an activating group) is 1. The van der Waals surface area contributed by atoms with Gasteiger partial charge in [0.15, 0.2) is 0 Å². The Morgan fingerprint density at radius 2 is 2.30 bits per heavy atom. The second-order valence-electron chi connectivity index (χ2n) is 6.90. The zero-order valence-corrected chi connectivity index (χ0v) is 14.3. The molecule has 0 bridgehead atoms. The zero-order chi connectivity index (χ0) is 16.4. The molecule has 1 aromatic rings. The summed E-state index contributed by atoms with van der Waals surface area (Å²) in [7, 11) is 4.08. The first-order chi connectivity index (χ1) is 11.0. The molecule has 3 rings (SSSR count). The van der Waals surface area contributed by atoms with Crippen molar-refractivity contribution in [1.82, 2.24) is 24.7 Å².